The third-order valence-electron chi connectivity index (χ3n) is 3.47. The number of aliphatic carboxylic acids is 1. The zero-order chi connectivity index (χ0) is 13.1. The van der Waals surface area contributed by atoms with E-state index in [-0.39, 0.29) is 24.5 Å². The second-order valence-electron chi connectivity index (χ2n) is 4.70. The summed E-state index contributed by atoms with van der Waals surface area (Å²) in [6.45, 7) is 0.942. The summed E-state index contributed by atoms with van der Waals surface area (Å²) in [6.07, 6.45) is 2.09. The van der Waals surface area contributed by atoms with E-state index in [1.807, 2.05) is 0 Å². The summed E-state index contributed by atoms with van der Waals surface area (Å²) in [7, 11) is 0. The highest BCUT2D eigenvalue weighted by Gasteiger charge is 2.35. The van der Waals surface area contributed by atoms with Crippen LogP contribution in [0, 0.1) is 5.92 Å². The molecule has 7 nitrogen and oxygen atoms in total. The van der Waals surface area contributed by atoms with Gasteiger partial charge in [-0.15, -0.1) is 0 Å². The smallest absolute Gasteiger partial charge is 0.318 e. The second-order valence-corrected chi connectivity index (χ2v) is 4.70. The third kappa shape index (κ3) is 2.72. The van der Waals surface area contributed by atoms with Crippen molar-refractivity contribution in [3.05, 3.63) is 0 Å². The van der Waals surface area contributed by atoms with E-state index in [2.05, 4.69) is 10.6 Å². The first-order valence-electron chi connectivity index (χ1n) is 6.13. The van der Waals surface area contributed by atoms with Crippen LogP contribution in [0.4, 0.5) is 4.79 Å². The fourth-order valence-electron chi connectivity index (χ4n) is 2.49. The minimum atomic E-state index is -0.866. The molecule has 1 saturated heterocycles. The summed E-state index contributed by atoms with van der Waals surface area (Å²) in [6, 6.07) is -0.664. The van der Waals surface area contributed by atoms with Crippen LogP contribution in [-0.2, 0) is 9.59 Å². The lowest BCUT2D eigenvalue weighted by atomic mass is 10.0. The van der Waals surface area contributed by atoms with Gasteiger partial charge in [-0.2, -0.15) is 0 Å². The quantitative estimate of drug-likeness (QED) is 0.612. The van der Waals surface area contributed by atoms with Crippen LogP contribution < -0.4 is 10.6 Å². The first-order chi connectivity index (χ1) is 8.58. The van der Waals surface area contributed by atoms with Gasteiger partial charge in [0, 0.05) is 19.1 Å². The predicted molar refractivity (Wildman–Crippen MR) is 61.9 cm³/mol. The van der Waals surface area contributed by atoms with Gasteiger partial charge < -0.3 is 20.6 Å². The lowest BCUT2D eigenvalue weighted by Gasteiger charge is -2.29. The van der Waals surface area contributed by atoms with Crippen LogP contribution >= 0.6 is 0 Å². The second kappa shape index (κ2) is 5.24. The molecule has 0 aromatic heterocycles. The van der Waals surface area contributed by atoms with Gasteiger partial charge in [-0.05, 0) is 12.8 Å². The summed E-state index contributed by atoms with van der Waals surface area (Å²) in [4.78, 5) is 35.5. The van der Waals surface area contributed by atoms with E-state index in [0.717, 1.165) is 6.42 Å². The summed E-state index contributed by atoms with van der Waals surface area (Å²) in [5.74, 6) is -1.56. The Bertz CT molecular complexity index is 371. The maximum atomic E-state index is 11.9. The number of amides is 3. The van der Waals surface area contributed by atoms with Gasteiger partial charge in [0.25, 0.3) is 0 Å². The molecule has 1 saturated carbocycles. The molecule has 0 aromatic carbocycles. The molecule has 2 aliphatic rings. The Morgan fingerprint density at radius 3 is 2.83 bits per heavy atom. The molecule has 2 unspecified atom stereocenters. The van der Waals surface area contributed by atoms with Gasteiger partial charge in [0.1, 0.15) is 6.54 Å². The van der Waals surface area contributed by atoms with Gasteiger partial charge in [0.15, 0.2) is 0 Å². The van der Waals surface area contributed by atoms with Crippen molar-refractivity contribution in [3.63, 3.8) is 0 Å². The number of nitrogens with one attached hydrogen (secondary N) is 2. The number of rotatable bonds is 2. The summed E-state index contributed by atoms with van der Waals surface area (Å²) >= 11 is 0. The van der Waals surface area contributed by atoms with E-state index in [1.54, 1.807) is 0 Å². The van der Waals surface area contributed by atoms with Crippen molar-refractivity contribution in [3.8, 4) is 0 Å². The SMILES string of the molecule is O=C1CN(C(=O)NC2CCCC2C(=O)O)CCN1. The molecule has 2 fully saturated rings. The Kier molecular flexibility index (Phi) is 3.69. The summed E-state index contributed by atoms with van der Waals surface area (Å²) in [5, 5.41) is 14.4. The molecule has 3 N–H and O–H groups in total. The number of carbonyl (C=O) groups is 3. The fraction of sp³-hybridized carbons (Fsp3) is 0.727. The van der Waals surface area contributed by atoms with Crippen molar-refractivity contribution >= 4 is 17.9 Å². The first-order valence-corrected chi connectivity index (χ1v) is 6.13. The van der Waals surface area contributed by atoms with Gasteiger partial charge in [-0.3, -0.25) is 9.59 Å². The Labute approximate surface area is 105 Å². The third-order valence-corrected chi connectivity index (χ3v) is 3.47. The summed E-state index contributed by atoms with van der Waals surface area (Å²) in [5.41, 5.74) is 0. The molecule has 0 bridgehead atoms. The van der Waals surface area contributed by atoms with Crippen molar-refractivity contribution in [1.82, 2.24) is 15.5 Å². The van der Waals surface area contributed by atoms with Crippen LogP contribution in [0.25, 0.3) is 0 Å². The molecule has 1 heterocycles. The van der Waals surface area contributed by atoms with Gasteiger partial charge >= 0.3 is 12.0 Å². The van der Waals surface area contributed by atoms with Crippen molar-refractivity contribution < 1.29 is 19.5 Å². The number of urea groups is 1. The number of carboxylic acid groups (broad SMARTS) is 1. The van der Waals surface area contributed by atoms with Crippen LogP contribution in [0.1, 0.15) is 19.3 Å². The average molecular weight is 255 g/mol. The standard InChI is InChI=1S/C11H17N3O4/c15-9-6-14(5-4-12-9)11(18)13-8-3-1-2-7(8)10(16)17/h7-8H,1-6H2,(H,12,15)(H,13,18)(H,16,17). The number of piperazine rings is 1. The van der Waals surface area contributed by atoms with Gasteiger partial charge in [0.05, 0.1) is 5.92 Å². The number of hydrogen-bond donors (Lipinski definition) is 3. The molecular formula is C11H17N3O4. The number of carbonyl (C=O) groups excluding carboxylic acids is 2. The molecular weight excluding hydrogens is 238 g/mol. The van der Waals surface area contributed by atoms with Gasteiger partial charge in [0.2, 0.25) is 5.91 Å². The Balaban J connectivity index is 1.90. The number of hydrogen-bond acceptors (Lipinski definition) is 3. The molecule has 0 spiro atoms. The highest BCUT2D eigenvalue weighted by atomic mass is 16.4. The Morgan fingerprint density at radius 2 is 2.17 bits per heavy atom. The van der Waals surface area contributed by atoms with E-state index in [4.69, 9.17) is 5.11 Å². The maximum Gasteiger partial charge on any atom is 0.318 e. The molecule has 2 rings (SSSR count). The van der Waals surface area contributed by atoms with Crippen LogP contribution in [-0.4, -0.2) is 53.6 Å². The highest BCUT2D eigenvalue weighted by Crippen LogP contribution is 2.25. The zero-order valence-corrected chi connectivity index (χ0v) is 10.0. The van der Waals surface area contributed by atoms with Gasteiger partial charge in [-0.1, -0.05) is 6.42 Å². The average Bonchev–Trinajstić information content (AvgIpc) is 2.77. The van der Waals surface area contributed by atoms with Crippen LogP contribution in [0.15, 0.2) is 0 Å². The lowest BCUT2D eigenvalue weighted by molar-refractivity contribution is -0.142. The molecule has 0 aromatic rings. The monoisotopic (exact) mass is 255 g/mol. The molecule has 3 amide bonds. The van der Waals surface area contributed by atoms with Crippen molar-refractivity contribution in [2.75, 3.05) is 19.6 Å². The molecule has 1 aliphatic carbocycles. The summed E-state index contributed by atoms with van der Waals surface area (Å²) < 4.78 is 0. The van der Waals surface area contributed by atoms with E-state index >= 15 is 0 Å². The molecule has 18 heavy (non-hydrogen) atoms. The fourth-order valence-corrected chi connectivity index (χ4v) is 2.49. The van der Waals surface area contributed by atoms with E-state index in [1.165, 1.54) is 4.90 Å². The largest absolute Gasteiger partial charge is 0.481 e. The van der Waals surface area contributed by atoms with E-state index in [9.17, 15) is 14.4 Å². The molecule has 0 radical (unpaired) electrons. The highest BCUT2D eigenvalue weighted by molar-refractivity contribution is 5.85. The van der Waals surface area contributed by atoms with Crippen molar-refractivity contribution in [2.24, 2.45) is 5.92 Å². The maximum absolute atomic E-state index is 11.9. The van der Waals surface area contributed by atoms with Crippen LogP contribution in [0.5, 0.6) is 0 Å². The van der Waals surface area contributed by atoms with Gasteiger partial charge in [-0.25, -0.2) is 4.79 Å². The topological polar surface area (TPSA) is 98.7 Å². The number of carboxylic acids is 1. The Hall–Kier alpha value is -1.79. The number of nitrogens with zero attached hydrogens (tertiary/aromatic N) is 1. The van der Waals surface area contributed by atoms with E-state index in [0.29, 0.717) is 25.9 Å². The molecule has 7 heteroatoms. The first kappa shape index (κ1) is 12.7. The van der Waals surface area contributed by atoms with E-state index < -0.39 is 11.9 Å². The Morgan fingerprint density at radius 1 is 1.39 bits per heavy atom. The van der Waals surface area contributed by atoms with Crippen LogP contribution in [0.3, 0.4) is 0 Å². The minimum Gasteiger partial charge on any atom is -0.481 e. The molecule has 100 valence electrons. The normalized spacial score (nSPS) is 27.8. The minimum absolute atomic E-state index is 0.0380. The van der Waals surface area contributed by atoms with Crippen molar-refractivity contribution in [1.29, 1.82) is 0 Å². The van der Waals surface area contributed by atoms with Crippen LogP contribution in [0.2, 0.25) is 0 Å². The molecule has 1 aliphatic heterocycles. The predicted octanol–water partition coefficient (Wildman–Crippen LogP) is -0.619. The van der Waals surface area contributed by atoms with Crippen molar-refractivity contribution in [2.45, 2.75) is 25.3 Å². The molecule has 2 atom stereocenters. The zero-order valence-electron chi connectivity index (χ0n) is 10.0. The lowest BCUT2D eigenvalue weighted by Crippen LogP contribution is -2.55.